The summed E-state index contributed by atoms with van der Waals surface area (Å²) < 4.78 is 5.16. The molecule has 0 aliphatic carbocycles. The molecule has 1 saturated heterocycles. The SMILES string of the molecule is COc1ccc(N2C(=O)CC(N(Cc3ccccc3)C(=O)Cc3ccc(Cl)cc3)C2=O)cc1. The van der Waals surface area contributed by atoms with Crippen molar-refractivity contribution in [2.24, 2.45) is 0 Å². The number of nitrogens with zero attached hydrogens (tertiary/aromatic N) is 2. The molecule has 1 aliphatic rings. The summed E-state index contributed by atoms with van der Waals surface area (Å²) in [4.78, 5) is 42.2. The number of carbonyl (C=O) groups is 3. The molecule has 1 atom stereocenters. The first-order valence-electron chi connectivity index (χ1n) is 10.5. The Labute approximate surface area is 197 Å². The Morgan fingerprint density at radius 1 is 0.970 bits per heavy atom. The number of hydrogen-bond donors (Lipinski definition) is 0. The topological polar surface area (TPSA) is 66.9 Å². The van der Waals surface area contributed by atoms with E-state index in [1.807, 2.05) is 30.3 Å². The predicted octanol–water partition coefficient (Wildman–Crippen LogP) is 4.25. The smallest absolute Gasteiger partial charge is 0.257 e. The van der Waals surface area contributed by atoms with Gasteiger partial charge in [-0.25, -0.2) is 4.90 Å². The average molecular weight is 463 g/mol. The Balaban J connectivity index is 1.61. The van der Waals surface area contributed by atoms with Crippen molar-refractivity contribution >= 4 is 35.0 Å². The van der Waals surface area contributed by atoms with Crippen molar-refractivity contribution in [1.29, 1.82) is 0 Å². The van der Waals surface area contributed by atoms with Crippen molar-refractivity contribution in [3.05, 3.63) is 95.0 Å². The third kappa shape index (κ3) is 5.07. The predicted molar refractivity (Wildman–Crippen MR) is 126 cm³/mol. The summed E-state index contributed by atoms with van der Waals surface area (Å²) in [5, 5.41) is 0.582. The maximum absolute atomic E-state index is 13.4. The second kappa shape index (κ2) is 9.88. The van der Waals surface area contributed by atoms with Crippen LogP contribution in [-0.2, 0) is 27.3 Å². The number of rotatable bonds is 7. The van der Waals surface area contributed by atoms with E-state index in [9.17, 15) is 14.4 Å². The van der Waals surface area contributed by atoms with E-state index in [0.29, 0.717) is 16.5 Å². The van der Waals surface area contributed by atoms with Crippen LogP contribution >= 0.6 is 11.6 Å². The van der Waals surface area contributed by atoms with Crippen LogP contribution < -0.4 is 9.64 Å². The Kier molecular flexibility index (Phi) is 6.75. The fraction of sp³-hybridized carbons (Fsp3) is 0.192. The molecule has 3 aromatic carbocycles. The molecule has 7 heteroatoms. The lowest BCUT2D eigenvalue weighted by Gasteiger charge is -2.28. The molecule has 1 aliphatic heterocycles. The van der Waals surface area contributed by atoms with Crippen LogP contribution in [-0.4, -0.2) is 35.8 Å². The number of amides is 3. The van der Waals surface area contributed by atoms with E-state index in [0.717, 1.165) is 16.0 Å². The van der Waals surface area contributed by atoms with Gasteiger partial charge in [-0.2, -0.15) is 0 Å². The molecule has 0 aromatic heterocycles. The third-order valence-corrected chi connectivity index (χ3v) is 5.87. The lowest BCUT2D eigenvalue weighted by Crippen LogP contribution is -2.45. The minimum atomic E-state index is -0.875. The van der Waals surface area contributed by atoms with Gasteiger partial charge in [0.2, 0.25) is 11.8 Å². The van der Waals surface area contributed by atoms with Gasteiger partial charge in [-0.15, -0.1) is 0 Å². The Hall–Kier alpha value is -3.64. The lowest BCUT2D eigenvalue weighted by atomic mass is 10.1. The van der Waals surface area contributed by atoms with Gasteiger partial charge in [0.25, 0.3) is 5.91 Å². The van der Waals surface area contributed by atoms with Crippen LogP contribution in [0.1, 0.15) is 17.5 Å². The van der Waals surface area contributed by atoms with Gasteiger partial charge in [0.15, 0.2) is 0 Å². The van der Waals surface area contributed by atoms with Crippen molar-refractivity contribution in [2.75, 3.05) is 12.0 Å². The molecule has 0 saturated carbocycles. The summed E-state index contributed by atoms with van der Waals surface area (Å²) in [6, 6.07) is 22.3. The summed E-state index contributed by atoms with van der Waals surface area (Å²) in [7, 11) is 1.55. The number of carbonyl (C=O) groups excluding carboxylic acids is 3. The molecular weight excluding hydrogens is 440 g/mol. The fourth-order valence-corrected chi connectivity index (χ4v) is 4.02. The first-order chi connectivity index (χ1) is 16.0. The maximum Gasteiger partial charge on any atom is 0.257 e. The number of halogens is 1. The average Bonchev–Trinajstić information content (AvgIpc) is 3.13. The zero-order valence-electron chi connectivity index (χ0n) is 18.1. The van der Waals surface area contributed by atoms with Crippen LogP contribution in [0.5, 0.6) is 5.75 Å². The number of hydrogen-bond acceptors (Lipinski definition) is 4. The van der Waals surface area contributed by atoms with E-state index in [2.05, 4.69) is 0 Å². The van der Waals surface area contributed by atoms with Gasteiger partial charge in [0.05, 0.1) is 25.6 Å². The molecule has 1 heterocycles. The molecule has 3 amide bonds. The van der Waals surface area contributed by atoms with E-state index in [1.165, 1.54) is 4.90 Å². The molecule has 0 N–H and O–H groups in total. The van der Waals surface area contributed by atoms with Crippen LogP contribution in [0.3, 0.4) is 0 Å². The molecule has 168 valence electrons. The van der Waals surface area contributed by atoms with Crippen LogP contribution in [0.15, 0.2) is 78.9 Å². The van der Waals surface area contributed by atoms with Crippen LogP contribution in [0.4, 0.5) is 5.69 Å². The maximum atomic E-state index is 13.4. The molecule has 33 heavy (non-hydrogen) atoms. The number of ether oxygens (including phenoxy) is 1. The molecule has 6 nitrogen and oxygen atoms in total. The van der Waals surface area contributed by atoms with Crippen molar-refractivity contribution in [3.63, 3.8) is 0 Å². The highest BCUT2D eigenvalue weighted by Crippen LogP contribution is 2.28. The van der Waals surface area contributed by atoms with Gasteiger partial charge < -0.3 is 9.64 Å². The Morgan fingerprint density at radius 3 is 2.27 bits per heavy atom. The third-order valence-electron chi connectivity index (χ3n) is 5.61. The van der Waals surface area contributed by atoms with Crippen molar-refractivity contribution < 1.29 is 19.1 Å². The minimum absolute atomic E-state index is 0.0654. The van der Waals surface area contributed by atoms with Gasteiger partial charge in [-0.1, -0.05) is 54.1 Å². The summed E-state index contributed by atoms with van der Waals surface area (Å²) in [6.45, 7) is 0.230. The van der Waals surface area contributed by atoms with E-state index >= 15 is 0 Å². The lowest BCUT2D eigenvalue weighted by molar-refractivity contribution is -0.138. The quantitative estimate of drug-likeness (QED) is 0.492. The molecule has 3 aromatic rings. The van der Waals surface area contributed by atoms with E-state index in [-0.39, 0.29) is 31.2 Å². The number of imide groups is 1. The first-order valence-corrected chi connectivity index (χ1v) is 10.9. The molecule has 0 spiro atoms. The van der Waals surface area contributed by atoms with Gasteiger partial charge >= 0.3 is 0 Å². The second-order valence-electron chi connectivity index (χ2n) is 7.80. The van der Waals surface area contributed by atoms with Gasteiger partial charge in [0, 0.05) is 11.6 Å². The highest BCUT2D eigenvalue weighted by Gasteiger charge is 2.44. The monoisotopic (exact) mass is 462 g/mol. The van der Waals surface area contributed by atoms with Crippen LogP contribution in [0.25, 0.3) is 0 Å². The van der Waals surface area contributed by atoms with Crippen LogP contribution in [0.2, 0.25) is 5.02 Å². The van der Waals surface area contributed by atoms with E-state index in [1.54, 1.807) is 55.6 Å². The molecule has 0 bridgehead atoms. The second-order valence-corrected chi connectivity index (χ2v) is 8.23. The highest BCUT2D eigenvalue weighted by atomic mass is 35.5. The zero-order valence-corrected chi connectivity index (χ0v) is 18.9. The molecule has 4 rings (SSSR count). The normalized spacial score (nSPS) is 15.6. The minimum Gasteiger partial charge on any atom is -0.497 e. The Bertz CT molecular complexity index is 1150. The first kappa shape index (κ1) is 22.6. The Morgan fingerprint density at radius 2 is 1.64 bits per heavy atom. The van der Waals surface area contributed by atoms with Gasteiger partial charge in [0.1, 0.15) is 11.8 Å². The van der Waals surface area contributed by atoms with Gasteiger partial charge in [-0.3, -0.25) is 14.4 Å². The van der Waals surface area contributed by atoms with Crippen molar-refractivity contribution in [1.82, 2.24) is 4.90 Å². The summed E-state index contributed by atoms with van der Waals surface area (Å²) in [5.74, 6) is -0.361. The summed E-state index contributed by atoms with van der Waals surface area (Å²) in [6.07, 6.45) is 0.0363. The fourth-order valence-electron chi connectivity index (χ4n) is 3.89. The standard InChI is InChI=1S/C26H23ClN2O4/c1-33-22-13-11-21(12-14-22)29-25(31)16-23(26(29)32)28(17-19-5-3-2-4-6-19)24(30)15-18-7-9-20(27)10-8-18/h2-14,23H,15-17H2,1H3. The summed E-state index contributed by atoms with van der Waals surface area (Å²) >= 11 is 5.96. The van der Waals surface area contributed by atoms with Crippen LogP contribution in [0, 0.1) is 0 Å². The number of methoxy groups -OCH3 is 1. The van der Waals surface area contributed by atoms with E-state index in [4.69, 9.17) is 16.3 Å². The van der Waals surface area contributed by atoms with Crippen molar-refractivity contribution in [3.8, 4) is 5.75 Å². The molecule has 0 radical (unpaired) electrons. The van der Waals surface area contributed by atoms with E-state index < -0.39 is 11.9 Å². The van der Waals surface area contributed by atoms with Gasteiger partial charge in [-0.05, 0) is 47.5 Å². The summed E-state index contributed by atoms with van der Waals surface area (Å²) in [5.41, 5.74) is 2.12. The highest BCUT2D eigenvalue weighted by molar-refractivity contribution is 6.30. The number of benzene rings is 3. The molecular formula is C26H23ClN2O4. The largest absolute Gasteiger partial charge is 0.497 e. The number of anilines is 1. The molecule has 1 fully saturated rings. The van der Waals surface area contributed by atoms with Crippen molar-refractivity contribution in [2.45, 2.75) is 25.4 Å². The zero-order chi connectivity index (χ0) is 23.4. The molecule has 1 unspecified atom stereocenters.